The lowest BCUT2D eigenvalue weighted by Crippen LogP contribution is -2.35. The Morgan fingerprint density at radius 1 is 1.54 bits per heavy atom. The Morgan fingerprint density at radius 3 is 3.00 bits per heavy atom. The molecule has 3 rings (SSSR count). The van der Waals surface area contributed by atoms with Crippen molar-refractivity contribution in [2.24, 2.45) is 0 Å². The summed E-state index contributed by atoms with van der Waals surface area (Å²) in [6.45, 7) is 0.0221. The van der Waals surface area contributed by atoms with Crippen LogP contribution in [-0.2, 0) is 16.0 Å². The third-order valence-corrected chi connectivity index (χ3v) is 3.65. The van der Waals surface area contributed by atoms with Crippen LogP contribution in [0, 0.1) is 0 Å². The van der Waals surface area contributed by atoms with Gasteiger partial charge in [-0.3, -0.25) is 10.1 Å². The van der Waals surface area contributed by atoms with Crippen LogP contribution in [0.4, 0.5) is 14.5 Å². The van der Waals surface area contributed by atoms with Gasteiger partial charge in [0.2, 0.25) is 5.91 Å². The minimum Gasteiger partial charge on any atom is -0.441 e. The van der Waals surface area contributed by atoms with Gasteiger partial charge in [0, 0.05) is 25.6 Å². The number of hydrogen-bond acceptors (Lipinski definition) is 5. The Balaban J connectivity index is 0.00000208. The van der Waals surface area contributed by atoms with E-state index in [0.717, 1.165) is 0 Å². The Bertz CT molecular complexity index is 723. The molecule has 1 aromatic carbocycles. The van der Waals surface area contributed by atoms with Gasteiger partial charge < -0.3 is 14.5 Å². The average Bonchev–Trinajstić information content (AvgIpc) is 3.07. The van der Waals surface area contributed by atoms with E-state index in [1.165, 1.54) is 0 Å². The summed E-state index contributed by atoms with van der Waals surface area (Å²) in [5.41, 5.74) is 1.68. The standard InChI is InChI=1S/C15H17F2N3O3.ClH/c1-22-5-4-13-20-10-6-9(2-3-12(10)23-13)19-14(21)11-7-15(16,17)8-18-11;/h2-3,6,11,18H,4-5,7-8H2,1H3,(H,19,21);1H. The highest BCUT2D eigenvalue weighted by Gasteiger charge is 2.42. The molecule has 0 spiro atoms. The van der Waals surface area contributed by atoms with E-state index in [0.29, 0.717) is 35.7 Å². The summed E-state index contributed by atoms with van der Waals surface area (Å²) in [6.07, 6.45) is 0.0557. The molecule has 1 aliphatic rings. The van der Waals surface area contributed by atoms with Gasteiger partial charge >= 0.3 is 0 Å². The lowest BCUT2D eigenvalue weighted by atomic mass is 10.2. The highest BCUT2D eigenvalue weighted by atomic mass is 35.5. The number of nitrogens with one attached hydrogen (secondary N) is 2. The minimum absolute atomic E-state index is 0. The molecule has 2 aromatic rings. The van der Waals surface area contributed by atoms with Crippen LogP contribution in [0.2, 0.25) is 0 Å². The highest BCUT2D eigenvalue weighted by molar-refractivity contribution is 5.96. The molecule has 0 aliphatic carbocycles. The smallest absolute Gasteiger partial charge is 0.262 e. The van der Waals surface area contributed by atoms with Gasteiger partial charge in [-0.1, -0.05) is 0 Å². The van der Waals surface area contributed by atoms with Crippen molar-refractivity contribution < 1.29 is 22.7 Å². The second-order valence-electron chi connectivity index (χ2n) is 5.52. The number of alkyl halides is 2. The Kier molecular flexibility index (Phi) is 5.74. The molecule has 1 amide bonds. The summed E-state index contributed by atoms with van der Waals surface area (Å²) >= 11 is 0. The van der Waals surface area contributed by atoms with E-state index in [4.69, 9.17) is 9.15 Å². The van der Waals surface area contributed by atoms with Crippen LogP contribution in [0.5, 0.6) is 0 Å². The molecule has 1 fully saturated rings. The number of fused-ring (bicyclic) bond motifs is 1. The first kappa shape index (κ1) is 18.6. The number of anilines is 1. The normalized spacial score (nSPS) is 19.2. The molecule has 132 valence electrons. The van der Waals surface area contributed by atoms with Gasteiger partial charge in [-0.15, -0.1) is 12.4 Å². The molecule has 1 aromatic heterocycles. The maximum atomic E-state index is 13.1. The fourth-order valence-electron chi connectivity index (χ4n) is 2.48. The SMILES string of the molecule is COCCc1nc2cc(NC(=O)C3CC(F)(F)CN3)ccc2o1.Cl. The van der Waals surface area contributed by atoms with Crippen molar-refractivity contribution in [1.29, 1.82) is 0 Å². The molecular weight excluding hydrogens is 344 g/mol. The number of rotatable bonds is 5. The van der Waals surface area contributed by atoms with Gasteiger partial charge in [0.05, 0.1) is 19.2 Å². The van der Waals surface area contributed by atoms with Crippen LogP contribution < -0.4 is 10.6 Å². The lowest BCUT2D eigenvalue weighted by Gasteiger charge is -2.11. The molecule has 0 saturated carbocycles. The van der Waals surface area contributed by atoms with E-state index >= 15 is 0 Å². The summed E-state index contributed by atoms with van der Waals surface area (Å²) in [5, 5.41) is 5.15. The predicted octanol–water partition coefficient (Wildman–Crippen LogP) is 2.37. The molecule has 1 atom stereocenters. The molecule has 1 saturated heterocycles. The summed E-state index contributed by atoms with van der Waals surface area (Å²) < 4.78 is 36.8. The number of aromatic nitrogens is 1. The van der Waals surface area contributed by atoms with Crippen molar-refractivity contribution in [3.05, 3.63) is 24.1 Å². The van der Waals surface area contributed by atoms with E-state index in [1.807, 2.05) is 0 Å². The van der Waals surface area contributed by atoms with Crippen LogP contribution >= 0.6 is 12.4 Å². The van der Waals surface area contributed by atoms with E-state index in [9.17, 15) is 13.6 Å². The number of benzene rings is 1. The van der Waals surface area contributed by atoms with E-state index < -0.39 is 30.8 Å². The number of methoxy groups -OCH3 is 1. The zero-order valence-corrected chi connectivity index (χ0v) is 13.8. The van der Waals surface area contributed by atoms with E-state index in [2.05, 4.69) is 15.6 Å². The molecule has 2 heterocycles. The first-order valence-electron chi connectivity index (χ1n) is 7.27. The van der Waals surface area contributed by atoms with E-state index in [1.54, 1.807) is 25.3 Å². The number of oxazole rings is 1. The Morgan fingerprint density at radius 2 is 2.33 bits per heavy atom. The number of halogens is 3. The van der Waals surface area contributed by atoms with Crippen molar-refractivity contribution in [2.75, 3.05) is 25.6 Å². The van der Waals surface area contributed by atoms with Crippen molar-refractivity contribution in [3.63, 3.8) is 0 Å². The molecule has 9 heteroatoms. The van der Waals surface area contributed by atoms with Crippen molar-refractivity contribution in [3.8, 4) is 0 Å². The predicted molar refractivity (Wildman–Crippen MR) is 86.8 cm³/mol. The van der Waals surface area contributed by atoms with E-state index in [-0.39, 0.29) is 12.4 Å². The lowest BCUT2D eigenvalue weighted by molar-refractivity contribution is -0.118. The summed E-state index contributed by atoms with van der Waals surface area (Å²) in [7, 11) is 1.59. The van der Waals surface area contributed by atoms with Gasteiger partial charge in [-0.05, 0) is 18.2 Å². The quantitative estimate of drug-likeness (QED) is 0.855. The summed E-state index contributed by atoms with van der Waals surface area (Å²) in [4.78, 5) is 16.3. The van der Waals surface area contributed by atoms with Crippen LogP contribution in [0.15, 0.2) is 22.6 Å². The second kappa shape index (κ2) is 7.42. The molecule has 1 aliphatic heterocycles. The van der Waals surface area contributed by atoms with Crippen molar-refractivity contribution in [1.82, 2.24) is 10.3 Å². The van der Waals surface area contributed by atoms with Crippen LogP contribution in [-0.4, -0.2) is 43.1 Å². The maximum Gasteiger partial charge on any atom is 0.262 e. The third kappa shape index (κ3) is 4.19. The molecule has 2 N–H and O–H groups in total. The van der Waals surface area contributed by atoms with Gasteiger partial charge in [-0.2, -0.15) is 0 Å². The van der Waals surface area contributed by atoms with Crippen LogP contribution in [0.3, 0.4) is 0 Å². The highest BCUT2D eigenvalue weighted by Crippen LogP contribution is 2.26. The fraction of sp³-hybridized carbons (Fsp3) is 0.467. The Labute approximate surface area is 143 Å². The van der Waals surface area contributed by atoms with Gasteiger partial charge in [-0.25, -0.2) is 13.8 Å². The molecule has 0 bridgehead atoms. The zero-order valence-electron chi connectivity index (χ0n) is 13.0. The molecule has 1 unspecified atom stereocenters. The Hall–Kier alpha value is -1.77. The summed E-state index contributed by atoms with van der Waals surface area (Å²) in [5.74, 6) is -2.78. The number of hydrogen-bond donors (Lipinski definition) is 2. The van der Waals surface area contributed by atoms with Gasteiger partial charge in [0.25, 0.3) is 5.92 Å². The molecule has 0 radical (unpaired) electrons. The minimum atomic E-state index is -2.84. The zero-order chi connectivity index (χ0) is 16.4. The second-order valence-corrected chi connectivity index (χ2v) is 5.52. The average molecular weight is 362 g/mol. The van der Waals surface area contributed by atoms with Crippen LogP contribution in [0.1, 0.15) is 12.3 Å². The number of nitrogens with zero attached hydrogens (tertiary/aromatic N) is 1. The molecular formula is C15H18ClF2N3O3. The van der Waals surface area contributed by atoms with Crippen molar-refractivity contribution in [2.45, 2.75) is 24.8 Å². The summed E-state index contributed by atoms with van der Waals surface area (Å²) in [6, 6.07) is 4.10. The topological polar surface area (TPSA) is 76.4 Å². The molecule has 24 heavy (non-hydrogen) atoms. The first-order valence-corrected chi connectivity index (χ1v) is 7.27. The van der Waals surface area contributed by atoms with Crippen molar-refractivity contribution >= 4 is 35.1 Å². The van der Waals surface area contributed by atoms with Gasteiger partial charge in [0.1, 0.15) is 5.52 Å². The first-order chi connectivity index (χ1) is 11.0. The number of carbonyl (C=O) groups is 1. The fourth-order valence-corrected chi connectivity index (χ4v) is 2.48. The maximum absolute atomic E-state index is 13.1. The number of carbonyl (C=O) groups excluding carboxylic acids is 1. The number of ether oxygens (including phenoxy) is 1. The molecule has 6 nitrogen and oxygen atoms in total. The monoisotopic (exact) mass is 361 g/mol. The number of amides is 1. The van der Waals surface area contributed by atoms with Gasteiger partial charge in [0.15, 0.2) is 11.5 Å². The van der Waals surface area contributed by atoms with Crippen LogP contribution in [0.25, 0.3) is 11.1 Å². The largest absolute Gasteiger partial charge is 0.441 e. The third-order valence-electron chi connectivity index (χ3n) is 3.65.